The SMILES string of the molecule is COc1cccc(CN2CCC(NCC3CC3)CC2)c1. The van der Waals surface area contributed by atoms with Crippen LogP contribution in [-0.2, 0) is 6.54 Å². The zero-order valence-corrected chi connectivity index (χ0v) is 12.5. The van der Waals surface area contributed by atoms with E-state index in [0.29, 0.717) is 0 Å². The van der Waals surface area contributed by atoms with Gasteiger partial charge in [-0.15, -0.1) is 0 Å². The van der Waals surface area contributed by atoms with Gasteiger partial charge in [0, 0.05) is 12.6 Å². The van der Waals surface area contributed by atoms with E-state index >= 15 is 0 Å². The molecule has 1 aromatic carbocycles. The summed E-state index contributed by atoms with van der Waals surface area (Å²) >= 11 is 0. The molecule has 3 heteroatoms. The summed E-state index contributed by atoms with van der Waals surface area (Å²) in [4.78, 5) is 2.56. The number of benzene rings is 1. The number of hydrogen-bond acceptors (Lipinski definition) is 3. The standard InChI is InChI=1S/C17H26N2O/c1-20-17-4-2-3-15(11-17)13-19-9-7-16(8-10-19)18-12-14-5-6-14/h2-4,11,14,16,18H,5-10,12-13H2,1H3. The lowest BCUT2D eigenvalue weighted by Gasteiger charge is -2.32. The molecular weight excluding hydrogens is 248 g/mol. The van der Waals surface area contributed by atoms with E-state index in [1.54, 1.807) is 7.11 Å². The Bertz CT molecular complexity index is 423. The van der Waals surface area contributed by atoms with E-state index in [1.165, 1.54) is 50.9 Å². The van der Waals surface area contributed by atoms with Crippen molar-refractivity contribution in [2.75, 3.05) is 26.7 Å². The van der Waals surface area contributed by atoms with Crippen LogP contribution in [0.25, 0.3) is 0 Å². The second-order valence-corrected chi connectivity index (χ2v) is 6.25. The molecule has 2 fully saturated rings. The van der Waals surface area contributed by atoms with Gasteiger partial charge in [-0.3, -0.25) is 4.90 Å². The van der Waals surface area contributed by atoms with Gasteiger partial charge in [0.1, 0.15) is 5.75 Å². The molecule has 0 unspecified atom stereocenters. The highest BCUT2D eigenvalue weighted by molar-refractivity contribution is 5.28. The minimum Gasteiger partial charge on any atom is -0.497 e. The molecule has 0 radical (unpaired) electrons. The Balaban J connectivity index is 1.42. The van der Waals surface area contributed by atoms with Crippen molar-refractivity contribution in [3.05, 3.63) is 29.8 Å². The first kappa shape index (κ1) is 13.9. The van der Waals surface area contributed by atoms with Gasteiger partial charge < -0.3 is 10.1 Å². The molecule has 1 saturated heterocycles. The summed E-state index contributed by atoms with van der Waals surface area (Å²) in [6.07, 6.45) is 5.47. The molecular formula is C17H26N2O. The molecule has 2 aliphatic rings. The van der Waals surface area contributed by atoms with Crippen molar-refractivity contribution in [3.63, 3.8) is 0 Å². The van der Waals surface area contributed by atoms with Crippen molar-refractivity contribution in [2.24, 2.45) is 5.92 Å². The third-order valence-electron chi connectivity index (χ3n) is 4.52. The van der Waals surface area contributed by atoms with Crippen LogP contribution in [0.3, 0.4) is 0 Å². The Kier molecular flexibility index (Phi) is 4.58. The molecule has 1 saturated carbocycles. The molecule has 0 atom stereocenters. The smallest absolute Gasteiger partial charge is 0.119 e. The van der Waals surface area contributed by atoms with Crippen LogP contribution >= 0.6 is 0 Å². The average molecular weight is 274 g/mol. The van der Waals surface area contributed by atoms with Gasteiger partial charge in [-0.25, -0.2) is 0 Å². The van der Waals surface area contributed by atoms with Gasteiger partial charge in [0.05, 0.1) is 7.11 Å². The highest BCUT2D eigenvalue weighted by Gasteiger charge is 2.24. The number of nitrogens with zero attached hydrogens (tertiary/aromatic N) is 1. The van der Waals surface area contributed by atoms with Crippen LogP contribution in [0.15, 0.2) is 24.3 Å². The maximum Gasteiger partial charge on any atom is 0.119 e. The third-order valence-corrected chi connectivity index (χ3v) is 4.52. The van der Waals surface area contributed by atoms with Crippen molar-refractivity contribution in [1.82, 2.24) is 10.2 Å². The van der Waals surface area contributed by atoms with Gasteiger partial charge in [-0.1, -0.05) is 12.1 Å². The minimum atomic E-state index is 0.747. The first-order chi connectivity index (χ1) is 9.83. The second-order valence-electron chi connectivity index (χ2n) is 6.25. The predicted octanol–water partition coefficient (Wildman–Crippen LogP) is 2.66. The lowest BCUT2D eigenvalue weighted by molar-refractivity contribution is 0.190. The largest absolute Gasteiger partial charge is 0.497 e. The van der Waals surface area contributed by atoms with Crippen LogP contribution in [0.5, 0.6) is 5.75 Å². The van der Waals surface area contributed by atoms with Gasteiger partial charge in [-0.05, 0) is 68.9 Å². The maximum absolute atomic E-state index is 5.29. The van der Waals surface area contributed by atoms with Gasteiger partial charge in [0.15, 0.2) is 0 Å². The number of likely N-dealkylation sites (tertiary alicyclic amines) is 1. The lowest BCUT2D eigenvalue weighted by atomic mass is 10.0. The van der Waals surface area contributed by atoms with Crippen molar-refractivity contribution >= 4 is 0 Å². The van der Waals surface area contributed by atoms with Crippen molar-refractivity contribution < 1.29 is 4.74 Å². The number of rotatable bonds is 6. The van der Waals surface area contributed by atoms with E-state index < -0.39 is 0 Å². The fourth-order valence-electron chi connectivity index (χ4n) is 2.98. The number of methoxy groups -OCH3 is 1. The van der Waals surface area contributed by atoms with Crippen molar-refractivity contribution in [1.29, 1.82) is 0 Å². The van der Waals surface area contributed by atoms with Crippen molar-refractivity contribution in [2.45, 2.75) is 38.3 Å². The topological polar surface area (TPSA) is 24.5 Å². The molecule has 0 amide bonds. The molecule has 3 rings (SSSR count). The quantitative estimate of drug-likeness (QED) is 0.863. The molecule has 0 bridgehead atoms. The van der Waals surface area contributed by atoms with E-state index in [-0.39, 0.29) is 0 Å². The first-order valence-corrected chi connectivity index (χ1v) is 7.92. The zero-order valence-electron chi connectivity index (χ0n) is 12.5. The van der Waals surface area contributed by atoms with E-state index in [1.807, 2.05) is 6.07 Å². The molecule has 0 spiro atoms. The molecule has 1 aliphatic heterocycles. The summed E-state index contributed by atoms with van der Waals surface area (Å²) in [5.41, 5.74) is 1.36. The monoisotopic (exact) mass is 274 g/mol. The second kappa shape index (κ2) is 6.59. The minimum absolute atomic E-state index is 0.747. The van der Waals surface area contributed by atoms with Gasteiger partial charge in [0.25, 0.3) is 0 Å². The molecule has 110 valence electrons. The highest BCUT2D eigenvalue weighted by atomic mass is 16.5. The van der Waals surface area contributed by atoms with Crippen LogP contribution in [0.2, 0.25) is 0 Å². The number of hydrogen-bond donors (Lipinski definition) is 1. The molecule has 1 heterocycles. The summed E-state index contributed by atoms with van der Waals surface area (Å²) in [6.45, 7) is 4.71. The fourth-order valence-corrected chi connectivity index (χ4v) is 2.98. The summed E-state index contributed by atoms with van der Waals surface area (Å²) in [5, 5.41) is 3.74. The molecule has 1 N–H and O–H groups in total. The molecule has 1 aromatic rings. The summed E-state index contributed by atoms with van der Waals surface area (Å²) in [6, 6.07) is 9.18. The zero-order chi connectivity index (χ0) is 13.8. The predicted molar refractivity (Wildman–Crippen MR) is 82.0 cm³/mol. The Labute approximate surface area is 122 Å². The van der Waals surface area contributed by atoms with E-state index in [0.717, 1.165) is 24.3 Å². The molecule has 20 heavy (non-hydrogen) atoms. The summed E-state index contributed by atoms with van der Waals surface area (Å²) in [7, 11) is 1.73. The normalized spacial score (nSPS) is 21.1. The van der Waals surface area contributed by atoms with Crippen LogP contribution < -0.4 is 10.1 Å². The van der Waals surface area contributed by atoms with Gasteiger partial charge >= 0.3 is 0 Å². The maximum atomic E-state index is 5.29. The first-order valence-electron chi connectivity index (χ1n) is 7.92. The van der Waals surface area contributed by atoms with E-state index in [9.17, 15) is 0 Å². The van der Waals surface area contributed by atoms with Gasteiger partial charge in [-0.2, -0.15) is 0 Å². The highest BCUT2D eigenvalue weighted by Crippen LogP contribution is 2.28. The number of piperidine rings is 1. The Morgan fingerprint density at radius 1 is 1.20 bits per heavy atom. The molecule has 1 aliphatic carbocycles. The van der Waals surface area contributed by atoms with E-state index in [4.69, 9.17) is 4.74 Å². The van der Waals surface area contributed by atoms with Crippen LogP contribution in [0, 0.1) is 5.92 Å². The van der Waals surface area contributed by atoms with Crippen LogP contribution in [0.4, 0.5) is 0 Å². The number of nitrogens with one attached hydrogen (secondary N) is 1. The summed E-state index contributed by atoms with van der Waals surface area (Å²) < 4.78 is 5.29. The molecule has 0 aromatic heterocycles. The summed E-state index contributed by atoms with van der Waals surface area (Å²) in [5.74, 6) is 1.95. The Morgan fingerprint density at radius 2 is 2.00 bits per heavy atom. The van der Waals surface area contributed by atoms with Gasteiger partial charge in [0.2, 0.25) is 0 Å². The number of ether oxygens (including phenoxy) is 1. The molecule has 3 nitrogen and oxygen atoms in total. The Hall–Kier alpha value is -1.06. The van der Waals surface area contributed by atoms with Crippen LogP contribution in [0.1, 0.15) is 31.2 Å². The fraction of sp³-hybridized carbons (Fsp3) is 0.647. The lowest BCUT2D eigenvalue weighted by Crippen LogP contribution is -2.42. The van der Waals surface area contributed by atoms with Crippen LogP contribution in [-0.4, -0.2) is 37.7 Å². The Morgan fingerprint density at radius 3 is 2.70 bits per heavy atom. The van der Waals surface area contributed by atoms with E-state index in [2.05, 4.69) is 28.4 Å². The van der Waals surface area contributed by atoms with Crippen molar-refractivity contribution in [3.8, 4) is 5.75 Å². The third kappa shape index (κ3) is 3.97. The average Bonchev–Trinajstić information content (AvgIpc) is 3.31.